The summed E-state index contributed by atoms with van der Waals surface area (Å²) in [5.41, 5.74) is 2.96. The van der Waals surface area contributed by atoms with Crippen molar-refractivity contribution in [2.24, 2.45) is 0 Å². The van der Waals surface area contributed by atoms with Gasteiger partial charge in [0, 0.05) is 5.56 Å². The van der Waals surface area contributed by atoms with Gasteiger partial charge in [-0.2, -0.15) is 4.80 Å². The Kier molecular flexibility index (Phi) is 4.83. The van der Waals surface area contributed by atoms with Gasteiger partial charge in [-0.3, -0.25) is 4.79 Å². The minimum absolute atomic E-state index is 0.131. The van der Waals surface area contributed by atoms with Crippen molar-refractivity contribution < 1.29 is 9.18 Å². The minimum atomic E-state index is -0.475. The number of anilines is 1. The number of halogens is 1. The Morgan fingerprint density at radius 3 is 2.64 bits per heavy atom. The lowest BCUT2D eigenvalue weighted by Crippen LogP contribution is -2.21. The molecule has 0 atom stereocenters. The van der Waals surface area contributed by atoms with E-state index in [0.717, 1.165) is 17.5 Å². The molecule has 3 aromatic rings. The normalized spacial score (nSPS) is 10.7. The van der Waals surface area contributed by atoms with E-state index in [1.165, 1.54) is 22.5 Å². The Hall–Kier alpha value is -3.09. The molecule has 0 spiro atoms. The first kappa shape index (κ1) is 16.8. The van der Waals surface area contributed by atoms with E-state index in [1.807, 2.05) is 24.3 Å². The molecule has 0 bridgehead atoms. The summed E-state index contributed by atoms with van der Waals surface area (Å²) in [6.45, 7) is 3.72. The van der Waals surface area contributed by atoms with Crippen LogP contribution in [0.1, 0.15) is 18.1 Å². The number of amides is 1. The number of aryl methyl sites for hydroxylation is 2. The second-order valence-electron chi connectivity index (χ2n) is 5.73. The lowest BCUT2D eigenvalue weighted by molar-refractivity contribution is -0.117. The highest BCUT2D eigenvalue weighted by atomic mass is 19.1. The van der Waals surface area contributed by atoms with Gasteiger partial charge in [0.15, 0.2) is 0 Å². The average molecular weight is 339 g/mol. The second-order valence-corrected chi connectivity index (χ2v) is 5.73. The summed E-state index contributed by atoms with van der Waals surface area (Å²) in [7, 11) is 0. The highest BCUT2D eigenvalue weighted by Crippen LogP contribution is 2.16. The molecule has 3 rings (SSSR count). The Bertz CT molecular complexity index is 889. The second kappa shape index (κ2) is 7.21. The van der Waals surface area contributed by atoms with Crippen molar-refractivity contribution in [3.63, 3.8) is 0 Å². The van der Waals surface area contributed by atoms with Gasteiger partial charge in [-0.25, -0.2) is 4.39 Å². The summed E-state index contributed by atoms with van der Waals surface area (Å²) in [6, 6.07) is 12.5. The fourth-order valence-corrected chi connectivity index (χ4v) is 2.35. The van der Waals surface area contributed by atoms with Crippen LogP contribution >= 0.6 is 0 Å². The smallest absolute Gasteiger partial charge is 0.248 e. The van der Waals surface area contributed by atoms with E-state index in [9.17, 15) is 9.18 Å². The van der Waals surface area contributed by atoms with Crippen LogP contribution in [0, 0.1) is 12.7 Å². The molecule has 0 fully saturated rings. The summed E-state index contributed by atoms with van der Waals surface area (Å²) < 4.78 is 13.8. The molecule has 7 heteroatoms. The molecule has 0 aliphatic heterocycles. The Labute approximate surface area is 144 Å². The number of benzene rings is 2. The zero-order valence-electron chi connectivity index (χ0n) is 14.0. The van der Waals surface area contributed by atoms with Crippen LogP contribution in [0.25, 0.3) is 11.4 Å². The third-order valence-electron chi connectivity index (χ3n) is 3.76. The number of tetrazole rings is 1. The van der Waals surface area contributed by atoms with Gasteiger partial charge in [0.1, 0.15) is 12.4 Å². The van der Waals surface area contributed by atoms with Gasteiger partial charge < -0.3 is 5.32 Å². The van der Waals surface area contributed by atoms with Crippen molar-refractivity contribution >= 4 is 11.6 Å². The molecule has 1 aromatic heterocycles. The number of rotatable bonds is 5. The largest absolute Gasteiger partial charge is 0.322 e. The number of nitrogens with zero attached hydrogens (tertiary/aromatic N) is 4. The Morgan fingerprint density at radius 1 is 1.20 bits per heavy atom. The first-order valence-electron chi connectivity index (χ1n) is 7.98. The van der Waals surface area contributed by atoms with E-state index < -0.39 is 11.7 Å². The summed E-state index contributed by atoms with van der Waals surface area (Å²) in [6.07, 6.45) is 0.955. The predicted octanol–water partition coefficient (Wildman–Crippen LogP) is 2.99. The maximum atomic E-state index is 13.8. The molecule has 0 saturated heterocycles. The number of aromatic nitrogens is 4. The van der Waals surface area contributed by atoms with E-state index in [0.29, 0.717) is 5.82 Å². The highest BCUT2D eigenvalue weighted by Gasteiger charge is 2.11. The molecule has 0 radical (unpaired) electrons. The van der Waals surface area contributed by atoms with Crippen LogP contribution in [-0.4, -0.2) is 26.1 Å². The lowest BCUT2D eigenvalue weighted by atomic mass is 10.1. The molecule has 1 amide bonds. The van der Waals surface area contributed by atoms with Crippen LogP contribution in [0.4, 0.5) is 10.1 Å². The summed E-state index contributed by atoms with van der Waals surface area (Å²) in [5.74, 6) is -0.457. The number of carbonyl (C=O) groups excluding carboxylic acids is 1. The molecule has 0 aliphatic rings. The predicted molar refractivity (Wildman–Crippen MR) is 92.4 cm³/mol. The molecule has 0 aliphatic carbocycles. The SMILES string of the molecule is CCc1ccc(-c2nnn(CC(=O)Nc3ccc(C)cc3F)n2)cc1. The molecule has 128 valence electrons. The Balaban J connectivity index is 1.67. The van der Waals surface area contributed by atoms with Crippen LogP contribution in [0.5, 0.6) is 0 Å². The van der Waals surface area contributed by atoms with Gasteiger partial charge in [0.05, 0.1) is 5.69 Å². The molecular formula is C18H18FN5O. The average Bonchev–Trinajstić information content (AvgIpc) is 3.06. The van der Waals surface area contributed by atoms with Crippen molar-refractivity contribution in [1.29, 1.82) is 0 Å². The molecule has 0 saturated carbocycles. The van der Waals surface area contributed by atoms with Gasteiger partial charge in [-0.1, -0.05) is 37.3 Å². The fourth-order valence-electron chi connectivity index (χ4n) is 2.35. The zero-order valence-corrected chi connectivity index (χ0v) is 14.0. The number of carbonyl (C=O) groups is 1. The third kappa shape index (κ3) is 4.06. The molecule has 2 aromatic carbocycles. The summed E-state index contributed by atoms with van der Waals surface area (Å²) in [5, 5.41) is 14.5. The van der Waals surface area contributed by atoms with Crippen molar-refractivity contribution in [3.05, 3.63) is 59.4 Å². The van der Waals surface area contributed by atoms with Crippen LogP contribution in [0.2, 0.25) is 0 Å². The topological polar surface area (TPSA) is 72.7 Å². The first-order chi connectivity index (χ1) is 12.0. The monoisotopic (exact) mass is 339 g/mol. The molecule has 25 heavy (non-hydrogen) atoms. The van der Waals surface area contributed by atoms with E-state index in [1.54, 1.807) is 13.0 Å². The standard InChI is InChI=1S/C18H18FN5O/c1-3-13-5-7-14(8-6-13)18-21-23-24(22-18)11-17(25)20-16-9-4-12(2)10-15(16)19/h4-10H,3,11H2,1-2H3,(H,20,25). The van der Waals surface area contributed by atoms with Gasteiger partial charge in [-0.15, -0.1) is 10.2 Å². The molecule has 6 nitrogen and oxygen atoms in total. The van der Waals surface area contributed by atoms with Crippen molar-refractivity contribution in [2.45, 2.75) is 26.8 Å². The van der Waals surface area contributed by atoms with Crippen molar-refractivity contribution in [3.8, 4) is 11.4 Å². The van der Waals surface area contributed by atoms with Crippen molar-refractivity contribution in [2.75, 3.05) is 5.32 Å². The highest BCUT2D eigenvalue weighted by molar-refractivity contribution is 5.90. The first-order valence-corrected chi connectivity index (χ1v) is 7.98. The van der Waals surface area contributed by atoms with E-state index in [4.69, 9.17) is 0 Å². The zero-order chi connectivity index (χ0) is 17.8. The van der Waals surface area contributed by atoms with Crippen LogP contribution in [0.15, 0.2) is 42.5 Å². The molecule has 1 heterocycles. The van der Waals surface area contributed by atoms with E-state index in [2.05, 4.69) is 27.7 Å². The van der Waals surface area contributed by atoms with E-state index >= 15 is 0 Å². The Morgan fingerprint density at radius 2 is 1.96 bits per heavy atom. The molecule has 1 N–H and O–H groups in total. The maximum Gasteiger partial charge on any atom is 0.248 e. The summed E-state index contributed by atoms with van der Waals surface area (Å²) >= 11 is 0. The van der Waals surface area contributed by atoms with E-state index in [-0.39, 0.29) is 12.2 Å². The van der Waals surface area contributed by atoms with Gasteiger partial charge in [-0.05, 0) is 41.8 Å². The van der Waals surface area contributed by atoms with Gasteiger partial charge in [0.25, 0.3) is 0 Å². The molecular weight excluding hydrogens is 321 g/mol. The third-order valence-corrected chi connectivity index (χ3v) is 3.76. The fraction of sp³-hybridized carbons (Fsp3) is 0.222. The van der Waals surface area contributed by atoms with Gasteiger partial charge >= 0.3 is 0 Å². The number of nitrogens with one attached hydrogen (secondary N) is 1. The molecule has 0 unspecified atom stereocenters. The van der Waals surface area contributed by atoms with Crippen LogP contribution in [-0.2, 0) is 17.8 Å². The van der Waals surface area contributed by atoms with Gasteiger partial charge in [0.2, 0.25) is 11.7 Å². The minimum Gasteiger partial charge on any atom is -0.322 e. The number of hydrogen-bond acceptors (Lipinski definition) is 4. The lowest BCUT2D eigenvalue weighted by Gasteiger charge is -2.06. The summed E-state index contributed by atoms with van der Waals surface area (Å²) in [4.78, 5) is 13.2. The van der Waals surface area contributed by atoms with Crippen LogP contribution < -0.4 is 5.32 Å². The quantitative estimate of drug-likeness (QED) is 0.775. The maximum absolute atomic E-state index is 13.8. The van der Waals surface area contributed by atoms with Crippen molar-refractivity contribution in [1.82, 2.24) is 20.2 Å². The van der Waals surface area contributed by atoms with Crippen LogP contribution in [0.3, 0.4) is 0 Å². The number of hydrogen-bond donors (Lipinski definition) is 1.